The van der Waals surface area contributed by atoms with E-state index in [2.05, 4.69) is 24.1 Å². The molecular weight excluding hydrogens is 255 g/mol. The molecule has 0 amide bonds. The maximum absolute atomic E-state index is 14.2. The molecule has 3 nitrogen and oxygen atoms in total. The normalized spacial score (nSPS) is 16.9. The lowest BCUT2D eigenvalue weighted by molar-refractivity contribution is 0.0817. The highest BCUT2D eigenvalue weighted by Gasteiger charge is 2.22. The zero-order valence-corrected chi connectivity index (χ0v) is 12.7. The van der Waals surface area contributed by atoms with Crippen LogP contribution in [-0.2, 0) is 11.3 Å². The van der Waals surface area contributed by atoms with Crippen LogP contribution in [0, 0.1) is 5.82 Å². The molecule has 0 bridgehead atoms. The van der Waals surface area contributed by atoms with Crippen LogP contribution in [0.3, 0.4) is 0 Å². The summed E-state index contributed by atoms with van der Waals surface area (Å²) in [5.41, 5.74) is 1.80. The quantitative estimate of drug-likeness (QED) is 0.897. The molecule has 0 radical (unpaired) electrons. The van der Waals surface area contributed by atoms with Crippen LogP contribution in [0.25, 0.3) is 0 Å². The van der Waals surface area contributed by atoms with Gasteiger partial charge >= 0.3 is 0 Å². The molecule has 1 aromatic carbocycles. The second kappa shape index (κ2) is 7.04. The highest BCUT2D eigenvalue weighted by atomic mass is 19.1. The lowest BCUT2D eigenvalue weighted by Gasteiger charge is -2.34. The zero-order valence-electron chi connectivity index (χ0n) is 12.7. The van der Waals surface area contributed by atoms with E-state index in [9.17, 15) is 4.39 Å². The van der Waals surface area contributed by atoms with E-state index < -0.39 is 0 Å². The predicted octanol–water partition coefficient (Wildman–Crippen LogP) is 2.94. The Morgan fingerprint density at radius 2 is 2.05 bits per heavy atom. The molecule has 1 aromatic rings. The standard InChI is InChI=1S/C16H25FN2O/c1-12(2)18-11-13-5-4-6-15(17)16(13)19-9-7-14(20-3)8-10-19/h4-6,12,14,18H,7-11H2,1-3H3. The molecule has 1 N–H and O–H groups in total. The molecule has 20 heavy (non-hydrogen) atoms. The van der Waals surface area contributed by atoms with Crippen molar-refractivity contribution in [1.82, 2.24) is 5.32 Å². The minimum Gasteiger partial charge on any atom is -0.381 e. The van der Waals surface area contributed by atoms with E-state index in [-0.39, 0.29) is 5.82 Å². The van der Waals surface area contributed by atoms with Crippen molar-refractivity contribution in [1.29, 1.82) is 0 Å². The number of methoxy groups -OCH3 is 1. The van der Waals surface area contributed by atoms with Gasteiger partial charge in [-0.05, 0) is 24.5 Å². The fourth-order valence-electron chi connectivity index (χ4n) is 2.69. The maximum Gasteiger partial charge on any atom is 0.146 e. The first-order chi connectivity index (χ1) is 9.61. The summed E-state index contributed by atoms with van der Waals surface area (Å²) >= 11 is 0. The number of rotatable bonds is 5. The number of benzene rings is 1. The summed E-state index contributed by atoms with van der Waals surface area (Å²) in [6.45, 7) is 6.61. The highest BCUT2D eigenvalue weighted by Crippen LogP contribution is 2.28. The first-order valence-corrected chi connectivity index (χ1v) is 7.40. The fraction of sp³-hybridized carbons (Fsp3) is 0.625. The largest absolute Gasteiger partial charge is 0.381 e. The van der Waals surface area contributed by atoms with E-state index in [1.165, 1.54) is 0 Å². The molecule has 4 heteroatoms. The van der Waals surface area contributed by atoms with Gasteiger partial charge in [0.1, 0.15) is 5.82 Å². The van der Waals surface area contributed by atoms with Crippen LogP contribution >= 0.6 is 0 Å². The van der Waals surface area contributed by atoms with Crippen molar-refractivity contribution in [3.63, 3.8) is 0 Å². The van der Waals surface area contributed by atoms with E-state index >= 15 is 0 Å². The smallest absolute Gasteiger partial charge is 0.146 e. The third kappa shape index (κ3) is 3.70. The van der Waals surface area contributed by atoms with Crippen molar-refractivity contribution in [2.75, 3.05) is 25.1 Å². The van der Waals surface area contributed by atoms with Crippen LogP contribution in [0.1, 0.15) is 32.3 Å². The van der Waals surface area contributed by atoms with Crippen LogP contribution < -0.4 is 10.2 Å². The van der Waals surface area contributed by atoms with Crippen LogP contribution in [0.15, 0.2) is 18.2 Å². The first-order valence-electron chi connectivity index (χ1n) is 7.40. The average Bonchev–Trinajstić information content (AvgIpc) is 2.45. The van der Waals surface area contributed by atoms with Gasteiger partial charge in [-0.3, -0.25) is 0 Å². The number of nitrogens with zero attached hydrogens (tertiary/aromatic N) is 1. The maximum atomic E-state index is 14.2. The summed E-state index contributed by atoms with van der Waals surface area (Å²) in [5, 5.41) is 3.37. The number of anilines is 1. The monoisotopic (exact) mass is 280 g/mol. The lowest BCUT2D eigenvalue weighted by Crippen LogP contribution is -2.38. The predicted molar refractivity (Wildman–Crippen MR) is 80.6 cm³/mol. The summed E-state index contributed by atoms with van der Waals surface area (Å²) in [6, 6.07) is 5.75. The van der Waals surface area contributed by atoms with Gasteiger partial charge in [-0.15, -0.1) is 0 Å². The SMILES string of the molecule is COC1CCN(c2c(F)cccc2CNC(C)C)CC1. The van der Waals surface area contributed by atoms with Crippen molar-refractivity contribution in [3.8, 4) is 0 Å². The van der Waals surface area contributed by atoms with Crippen molar-refractivity contribution in [2.24, 2.45) is 0 Å². The molecular formula is C16H25FN2O. The Labute approximate surface area is 121 Å². The average molecular weight is 280 g/mol. The molecule has 0 atom stereocenters. The molecule has 0 spiro atoms. The number of nitrogens with one attached hydrogen (secondary N) is 1. The number of ether oxygens (including phenoxy) is 1. The summed E-state index contributed by atoms with van der Waals surface area (Å²) in [6.07, 6.45) is 2.24. The highest BCUT2D eigenvalue weighted by molar-refractivity contribution is 5.55. The minimum absolute atomic E-state index is 0.121. The minimum atomic E-state index is -0.121. The molecule has 1 heterocycles. The number of hydrogen-bond donors (Lipinski definition) is 1. The van der Waals surface area contributed by atoms with Gasteiger partial charge in [-0.2, -0.15) is 0 Å². The molecule has 2 rings (SSSR count). The topological polar surface area (TPSA) is 24.5 Å². The second-order valence-corrected chi connectivity index (χ2v) is 5.71. The number of piperidine rings is 1. The Balaban J connectivity index is 2.13. The Morgan fingerprint density at radius 3 is 2.65 bits per heavy atom. The van der Waals surface area contributed by atoms with E-state index in [1.54, 1.807) is 19.2 Å². The number of halogens is 1. The summed E-state index contributed by atoms with van der Waals surface area (Å²) in [4.78, 5) is 2.15. The molecule has 1 aliphatic heterocycles. The van der Waals surface area contributed by atoms with Crippen LogP contribution in [0.4, 0.5) is 10.1 Å². The van der Waals surface area contributed by atoms with Gasteiger partial charge in [-0.1, -0.05) is 26.0 Å². The van der Waals surface area contributed by atoms with Crippen molar-refractivity contribution in [3.05, 3.63) is 29.6 Å². The Kier molecular flexibility index (Phi) is 5.38. The van der Waals surface area contributed by atoms with Gasteiger partial charge in [0.05, 0.1) is 11.8 Å². The first kappa shape index (κ1) is 15.3. The Morgan fingerprint density at radius 1 is 1.35 bits per heavy atom. The number of para-hydroxylation sites is 1. The van der Waals surface area contributed by atoms with E-state index in [4.69, 9.17) is 4.74 Å². The third-order valence-electron chi connectivity index (χ3n) is 3.86. The van der Waals surface area contributed by atoms with Gasteiger partial charge in [0.2, 0.25) is 0 Å². The lowest BCUT2D eigenvalue weighted by atomic mass is 10.0. The Hall–Kier alpha value is -1.13. The Bertz CT molecular complexity index is 428. The molecule has 0 unspecified atom stereocenters. The zero-order chi connectivity index (χ0) is 14.5. The molecule has 1 fully saturated rings. The van der Waals surface area contributed by atoms with Crippen LogP contribution in [0.5, 0.6) is 0 Å². The second-order valence-electron chi connectivity index (χ2n) is 5.71. The van der Waals surface area contributed by atoms with E-state index in [0.29, 0.717) is 18.7 Å². The molecule has 0 aliphatic carbocycles. The van der Waals surface area contributed by atoms with Gasteiger partial charge < -0.3 is 15.0 Å². The van der Waals surface area contributed by atoms with Gasteiger partial charge in [0.15, 0.2) is 0 Å². The van der Waals surface area contributed by atoms with Gasteiger partial charge in [0.25, 0.3) is 0 Å². The van der Waals surface area contributed by atoms with Gasteiger partial charge in [0, 0.05) is 32.8 Å². The molecule has 112 valence electrons. The van der Waals surface area contributed by atoms with Crippen molar-refractivity contribution in [2.45, 2.75) is 45.4 Å². The summed E-state index contributed by atoms with van der Waals surface area (Å²) < 4.78 is 19.6. The fourth-order valence-corrected chi connectivity index (χ4v) is 2.69. The molecule has 1 aliphatic rings. The van der Waals surface area contributed by atoms with Crippen LogP contribution in [-0.4, -0.2) is 32.3 Å². The van der Waals surface area contributed by atoms with Crippen molar-refractivity contribution >= 4 is 5.69 Å². The molecule has 1 saturated heterocycles. The summed E-state index contributed by atoms with van der Waals surface area (Å²) in [5.74, 6) is -0.121. The van der Waals surface area contributed by atoms with Crippen LogP contribution in [0.2, 0.25) is 0 Å². The summed E-state index contributed by atoms with van der Waals surface area (Å²) in [7, 11) is 1.75. The molecule has 0 aromatic heterocycles. The van der Waals surface area contributed by atoms with Crippen molar-refractivity contribution < 1.29 is 9.13 Å². The third-order valence-corrected chi connectivity index (χ3v) is 3.86. The number of hydrogen-bond acceptors (Lipinski definition) is 3. The van der Waals surface area contributed by atoms with Gasteiger partial charge in [-0.25, -0.2) is 4.39 Å². The van der Waals surface area contributed by atoms with E-state index in [0.717, 1.165) is 37.2 Å². The molecule has 0 saturated carbocycles. The van der Waals surface area contributed by atoms with E-state index in [1.807, 2.05) is 6.07 Å².